The van der Waals surface area contributed by atoms with E-state index in [4.69, 9.17) is 4.74 Å². The molecule has 6 nitrogen and oxygen atoms in total. The second-order valence-corrected chi connectivity index (χ2v) is 8.74. The van der Waals surface area contributed by atoms with Crippen LogP contribution in [0.15, 0.2) is 48.5 Å². The maximum atomic E-state index is 13.3. The minimum atomic E-state index is -0.286. The summed E-state index contributed by atoms with van der Waals surface area (Å²) in [5, 5.41) is 17.8. The molecule has 0 spiro atoms. The van der Waals surface area contributed by atoms with Gasteiger partial charge in [0.05, 0.1) is 12.6 Å². The van der Waals surface area contributed by atoms with E-state index < -0.39 is 0 Å². The number of phenols is 1. The number of nitrogens with one attached hydrogen (secondary N) is 1. The standard InChI is InChI=1S/C26H31N3O3/c1-4-5-14-29-25(18-9-8-10-19(16-18)32-15-13-17(2)3)22-23(27-28-24(22)26(29)31)20-11-6-7-12-21(20)30/h6-12,16-17,25,30H,4-5,13-15H2,1-3H3,(H,27,28)/t25-/m1/s1. The van der Waals surface area contributed by atoms with E-state index in [1.54, 1.807) is 12.1 Å². The van der Waals surface area contributed by atoms with Crippen molar-refractivity contribution in [3.05, 3.63) is 65.4 Å². The fraction of sp³-hybridized carbons (Fsp3) is 0.385. The Kier molecular flexibility index (Phi) is 6.49. The molecule has 0 unspecified atom stereocenters. The summed E-state index contributed by atoms with van der Waals surface area (Å²) in [6, 6.07) is 14.8. The number of carbonyl (C=O) groups is 1. The summed E-state index contributed by atoms with van der Waals surface area (Å²) in [6.07, 6.45) is 2.89. The molecule has 3 aromatic rings. The quantitative estimate of drug-likeness (QED) is 0.464. The van der Waals surface area contributed by atoms with Crippen LogP contribution in [0.2, 0.25) is 0 Å². The van der Waals surface area contributed by atoms with Gasteiger partial charge in [-0.1, -0.05) is 51.5 Å². The Labute approximate surface area is 189 Å². The van der Waals surface area contributed by atoms with Gasteiger partial charge in [0, 0.05) is 17.7 Å². The second kappa shape index (κ2) is 9.47. The number of nitrogens with zero attached hydrogens (tertiary/aromatic N) is 2. The highest BCUT2D eigenvalue weighted by Gasteiger charge is 2.42. The Morgan fingerprint density at radius 2 is 2.00 bits per heavy atom. The summed E-state index contributed by atoms with van der Waals surface area (Å²) in [6.45, 7) is 7.78. The SMILES string of the molecule is CCCCN1C(=O)c2[nH]nc(-c3ccccc3O)c2[C@H]1c1cccc(OCCC(C)C)c1. The van der Waals surface area contributed by atoms with Crippen LogP contribution in [0.3, 0.4) is 0 Å². The number of H-pyrrole nitrogens is 1. The van der Waals surface area contributed by atoms with E-state index in [2.05, 4.69) is 31.0 Å². The monoisotopic (exact) mass is 433 g/mol. The Morgan fingerprint density at radius 3 is 2.75 bits per heavy atom. The number of aromatic hydroxyl groups is 1. The smallest absolute Gasteiger partial charge is 0.273 e. The first-order chi connectivity index (χ1) is 15.5. The van der Waals surface area contributed by atoms with E-state index >= 15 is 0 Å². The summed E-state index contributed by atoms with van der Waals surface area (Å²) in [4.78, 5) is 15.2. The van der Waals surface area contributed by atoms with Crippen molar-refractivity contribution in [3.8, 4) is 22.8 Å². The van der Waals surface area contributed by atoms with Gasteiger partial charge in [-0.3, -0.25) is 9.89 Å². The van der Waals surface area contributed by atoms with Crippen LogP contribution in [0.5, 0.6) is 11.5 Å². The minimum absolute atomic E-state index is 0.0567. The Bertz CT molecular complexity index is 1090. The fourth-order valence-electron chi connectivity index (χ4n) is 4.17. The maximum absolute atomic E-state index is 13.3. The lowest BCUT2D eigenvalue weighted by atomic mass is 9.95. The molecule has 2 aromatic carbocycles. The van der Waals surface area contributed by atoms with Gasteiger partial charge in [0.25, 0.3) is 5.91 Å². The summed E-state index contributed by atoms with van der Waals surface area (Å²) in [7, 11) is 0. The molecule has 1 aliphatic rings. The van der Waals surface area contributed by atoms with Crippen LogP contribution in [0.25, 0.3) is 11.3 Å². The number of phenolic OH excluding ortho intramolecular Hbond substituents is 1. The van der Waals surface area contributed by atoms with Crippen LogP contribution in [-0.4, -0.2) is 39.3 Å². The van der Waals surface area contributed by atoms with Crippen molar-refractivity contribution in [1.82, 2.24) is 15.1 Å². The van der Waals surface area contributed by atoms with E-state index in [-0.39, 0.29) is 17.7 Å². The van der Waals surface area contributed by atoms with Gasteiger partial charge in [0.1, 0.15) is 22.9 Å². The highest BCUT2D eigenvalue weighted by molar-refractivity contribution is 6.00. The normalized spacial score (nSPS) is 15.4. The number of para-hydroxylation sites is 1. The number of fused-ring (bicyclic) bond motifs is 1. The maximum Gasteiger partial charge on any atom is 0.273 e. The van der Waals surface area contributed by atoms with Crippen molar-refractivity contribution < 1.29 is 14.6 Å². The molecule has 6 heteroatoms. The van der Waals surface area contributed by atoms with Gasteiger partial charge in [-0.25, -0.2) is 0 Å². The van der Waals surface area contributed by atoms with E-state index in [1.165, 1.54) is 0 Å². The zero-order valence-electron chi connectivity index (χ0n) is 19.0. The van der Waals surface area contributed by atoms with Crippen LogP contribution in [0, 0.1) is 5.92 Å². The molecule has 1 amide bonds. The van der Waals surface area contributed by atoms with Crippen molar-refractivity contribution in [1.29, 1.82) is 0 Å². The highest BCUT2D eigenvalue weighted by Crippen LogP contribution is 2.44. The molecule has 4 rings (SSSR count). The Morgan fingerprint density at radius 1 is 1.19 bits per heavy atom. The van der Waals surface area contributed by atoms with Crippen molar-refractivity contribution >= 4 is 5.91 Å². The topological polar surface area (TPSA) is 78.5 Å². The fourth-order valence-corrected chi connectivity index (χ4v) is 4.17. The molecule has 0 saturated heterocycles. The first-order valence-electron chi connectivity index (χ1n) is 11.4. The van der Waals surface area contributed by atoms with E-state index in [0.29, 0.717) is 36.0 Å². The molecular formula is C26H31N3O3. The molecule has 0 fully saturated rings. The molecule has 0 saturated carbocycles. The molecule has 32 heavy (non-hydrogen) atoms. The summed E-state index contributed by atoms with van der Waals surface area (Å²) in [5.41, 5.74) is 3.52. The van der Waals surface area contributed by atoms with Gasteiger partial charge >= 0.3 is 0 Å². The molecule has 0 aliphatic carbocycles. The van der Waals surface area contributed by atoms with E-state index in [1.807, 2.05) is 41.3 Å². The second-order valence-electron chi connectivity index (χ2n) is 8.74. The molecular weight excluding hydrogens is 402 g/mol. The number of hydrogen-bond acceptors (Lipinski definition) is 4. The van der Waals surface area contributed by atoms with Crippen molar-refractivity contribution in [3.63, 3.8) is 0 Å². The predicted molar refractivity (Wildman–Crippen MR) is 125 cm³/mol. The van der Waals surface area contributed by atoms with Gasteiger partial charge in [0.15, 0.2) is 0 Å². The average molecular weight is 434 g/mol. The molecule has 168 valence electrons. The summed E-state index contributed by atoms with van der Waals surface area (Å²) in [5.74, 6) is 1.46. The third-order valence-electron chi connectivity index (χ3n) is 5.91. The molecule has 1 atom stereocenters. The van der Waals surface area contributed by atoms with Gasteiger partial charge in [-0.2, -0.15) is 5.10 Å². The number of amides is 1. The molecule has 0 bridgehead atoms. The van der Waals surface area contributed by atoms with Crippen molar-refractivity contribution in [2.24, 2.45) is 5.92 Å². The van der Waals surface area contributed by atoms with Crippen molar-refractivity contribution in [2.45, 2.75) is 46.1 Å². The number of ether oxygens (including phenoxy) is 1. The lowest BCUT2D eigenvalue weighted by molar-refractivity contribution is 0.0741. The Hall–Kier alpha value is -3.28. The molecule has 1 aromatic heterocycles. The zero-order chi connectivity index (χ0) is 22.7. The molecule has 2 N–H and O–H groups in total. The van der Waals surface area contributed by atoms with Crippen molar-refractivity contribution in [2.75, 3.05) is 13.2 Å². The van der Waals surface area contributed by atoms with E-state index in [9.17, 15) is 9.90 Å². The van der Waals surface area contributed by atoms with Crippen LogP contribution < -0.4 is 4.74 Å². The number of rotatable bonds is 9. The highest BCUT2D eigenvalue weighted by atomic mass is 16.5. The van der Waals surface area contributed by atoms with Crippen LogP contribution in [0.1, 0.15) is 67.7 Å². The number of benzene rings is 2. The average Bonchev–Trinajstić information content (AvgIpc) is 3.31. The molecule has 2 heterocycles. The molecule has 0 radical (unpaired) electrons. The summed E-state index contributed by atoms with van der Waals surface area (Å²) >= 11 is 0. The number of aromatic nitrogens is 2. The minimum Gasteiger partial charge on any atom is -0.507 e. The lowest BCUT2D eigenvalue weighted by Gasteiger charge is -2.26. The Balaban J connectivity index is 1.76. The van der Waals surface area contributed by atoms with Crippen LogP contribution in [-0.2, 0) is 0 Å². The number of aromatic amines is 1. The van der Waals surface area contributed by atoms with E-state index in [0.717, 1.165) is 36.1 Å². The first kappa shape index (κ1) is 21.9. The van der Waals surface area contributed by atoms with Gasteiger partial charge in [-0.05, 0) is 48.6 Å². The number of unbranched alkanes of at least 4 members (excludes halogenated alkanes) is 1. The number of carbonyl (C=O) groups excluding carboxylic acids is 1. The lowest BCUT2D eigenvalue weighted by Crippen LogP contribution is -2.30. The molecule has 1 aliphatic heterocycles. The largest absolute Gasteiger partial charge is 0.507 e. The van der Waals surface area contributed by atoms with Crippen LogP contribution >= 0.6 is 0 Å². The van der Waals surface area contributed by atoms with Crippen LogP contribution in [0.4, 0.5) is 0 Å². The third kappa shape index (κ3) is 4.22. The number of hydrogen-bond donors (Lipinski definition) is 2. The zero-order valence-corrected chi connectivity index (χ0v) is 19.0. The third-order valence-corrected chi connectivity index (χ3v) is 5.91. The summed E-state index contributed by atoms with van der Waals surface area (Å²) < 4.78 is 6.00. The first-order valence-corrected chi connectivity index (χ1v) is 11.4. The van der Waals surface area contributed by atoms with Gasteiger partial charge in [-0.15, -0.1) is 0 Å². The van der Waals surface area contributed by atoms with Gasteiger partial charge < -0.3 is 14.7 Å². The predicted octanol–water partition coefficient (Wildman–Crippen LogP) is 5.55. The van der Waals surface area contributed by atoms with Gasteiger partial charge in [0.2, 0.25) is 0 Å².